The number of hydrogen-bond acceptors (Lipinski definition) is 0. The first-order chi connectivity index (χ1) is 12.8. The summed E-state index contributed by atoms with van der Waals surface area (Å²) < 4.78 is 1.09. The topological polar surface area (TPSA) is 0 Å². The van der Waals surface area contributed by atoms with Gasteiger partial charge in [0.05, 0.1) is 0 Å². The molecule has 0 spiro atoms. The molecule has 138 valence electrons. The SMILES string of the molecule is CCCCCCCCCCCc1ccc(C#Cc2ccc(Br)cc2)cc1. The van der Waals surface area contributed by atoms with Gasteiger partial charge in [0.2, 0.25) is 0 Å². The Morgan fingerprint density at radius 3 is 1.62 bits per heavy atom. The van der Waals surface area contributed by atoms with Gasteiger partial charge in [-0.1, -0.05) is 98.2 Å². The normalized spacial score (nSPS) is 10.4. The molecule has 0 saturated heterocycles. The molecule has 0 atom stereocenters. The highest BCUT2D eigenvalue weighted by Gasteiger charge is 1.96. The standard InChI is InChI=1S/C25H31Br/c1-2-3-4-5-6-7-8-9-10-11-22-12-14-23(15-13-22)16-17-24-18-20-25(26)21-19-24/h12-15,18-21H,2-11H2,1H3. The summed E-state index contributed by atoms with van der Waals surface area (Å²) in [6, 6.07) is 16.9. The lowest BCUT2D eigenvalue weighted by Crippen LogP contribution is -1.87. The molecule has 0 saturated carbocycles. The van der Waals surface area contributed by atoms with E-state index in [1.807, 2.05) is 24.3 Å². The number of hydrogen-bond donors (Lipinski definition) is 0. The lowest BCUT2D eigenvalue weighted by atomic mass is 10.0. The highest BCUT2D eigenvalue weighted by Crippen LogP contribution is 2.13. The molecule has 0 unspecified atom stereocenters. The zero-order valence-electron chi connectivity index (χ0n) is 16.1. The number of benzene rings is 2. The van der Waals surface area contributed by atoms with Crippen LogP contribution in [0.3, 0.4) is 0 Å². The molecule has 0 nitrogen and oxygen atoms in total. The van der Waals surface area contributed by atoms with Gasteiger partial charge in [-0.3, -0.25) is 0 Å². The van der Waals surface area contributed by atoms with Crippen LogP contribution in [0.4, 0.5) is 0 Å². The van der Waals surface area contributed by atoms with Gasteiger partial charge >= 0.3 is 0 Å². The molecule has 0 amide bonds. The van der Waals surface area contributed by atoms with Gasteiger partial charge in [-0.25, -0.2) is 0 Å². The number of aryl methyl sites for hydroxylation is 1. The maximum Gasteiger partial charge on any atom is 0.0249 e. The lowest BCUT2D eigenvalue weighted by molar-refractivity contribution is 0.565. The van der Waals surface area contributed by atoms with E-state index < -0.39 is 0 Å². The Kier molecular flexibility index (Phi) is 10.2. The predicted molar refractivity (Wildman–Crippen MR) is 117 cm³/mol. The summed E-state index contributed by atoms with van der Waals surface area (Å²) in [6.45, 7) is 2.28. The molecule has 0 bridgehead atoms. The second kappa shape index (κ2) is 12.8. The van der Waals surface area contributed by atoms with Crippen LogP contribution in [-0.4, -0.2) is 0 Å². The fourth-order valence-corrected chi connectivity index (χ4v) is 3.34. The molecule has 0 aliphatic rings. The van der Waals surface area contributed by atoms with Crippen LogP contribution < -0.4 is 0 Å². The summed E-state index contributed by atoms with van der Waals surface area (Å²) in [5.74, 6) is 6.47. The van der Waals surface area contributed by atoms with Crippen molar-refractivity contribution in [2.75, 3.05) is 0 Å². The van der Waals surface area contributed by atoms with Crippen molar-refractivity contribution in [2.45, 2.75) is 71.1 Å². The van der Waals surface area contributed by atoms with Gasteiger partial charge in [0.1, 0.15) is 0 Å². The van der Waals surface area contributed by atoms with Crippen LogP contribution in [0.15, 0.2) is 53.0 Å². The molecule has 2 aromatic rings. The minimum absolute atomic E-state index is 1.05. The van der Waals surface area contributed by atoms with Gasteiger partial charge in [0.25, 0.3) is 0 Å². The van der Waals surface area contributed by atoms with E-state index in [0.29, 0.717) is 0 Å². The van der Waals surface area contributed by atoms with E-state index in [-0.39, 0.29) is 0 Å². The first-order valence-corrected chi connectivity index (χ1v) is 10.9. The Labute approximate surface area is 168 Å². The number of unbranched alkanes of at least 4 members (excludes halogenated alkanes) is 8. The highest BCUT2D eigenvalue weighted by molar-refractivity contribution is 9.10. The summed E-state index contributed by atoms with van der Waals surface area (Å²) in [5.41, 5.74) is 3.57. The van der Waals surface area contributed by atoms with Gasteiger partial charge in [-0.15, -0.1) is 0 Å². The van der Waals surface area contributed by atoms with E-state index >= 15 is 0 Å². The van der Waals surface area contributed by atoms with Crippen molar-refractivity contribution in [2.24, 2.45) is 0 Å². The maximum atomic E-state index is 3.45. The zero-order chi connectivity index (χ0) is 18.5. The predicted octanol–water partition coefficient (Wildman–Crippen LogP) is 7.92. The van der Waals surface area contributed by atoms with Crippen LogP contribution in [0.1, 0.15) is 81.4 Å². The van der Waals surface area contributed by atoms with Gasteiger partial charge in [-0.05, 0) is 54.8 Å². The van der Waals surface area contributed by atoms with E-state index in [1.54, 1.807) is 0 Å². The van der Waals surface area contributed by atoms with Gasteiger partial charge in [-0.2, -0.15) is 0 Å². The molecule has 2 rings (SSSR count). The van der Waals surface area contributed by atoms with Gasteiger partial charge in [0, 0.05) is 15.6 Å². The summed E-state index contributed by atoms with van der Waals surface area (Å²) in [6.07, 6.45) is 13.7. The molecule has 0 radical (unpaired) electrons. The van der Waals surface area contributed by atoms with E-state index in [2.05, 4.69) is 59.0 Å². The smallest absolute Gasteiger partial charge is 0.0249 e. The van der Waals surface area contributed by atoms with Gasteiger partial charge < -0.3 is 0 Å². The summed E-state index contributed by atoms with van der Waals surface area (Å²) in [4.78, 5) is 0. The van der Waals surface area contributed by atoms with E-state index in [9.17, 15) is 0 Å². The maximum absolute atomic E-state index is 3.45. The molecule has 0 heterocycles. The van der Waals surface area contributed by atoms with E-state index in [4.69, 9.17) is 0 Å². The molecule has 0 N–H and O–H groups in total. The van der Waals surface area contributed by atoms with Crippen LogP contribution in [0.25, 0.3) is 0 Å². The number of rotatable bonds is 10. The van der Waals surface area contributed by atoms with Crippen LogP contribution in [-0.2, 0) is 6.42 Å². The monoisotopic (exact) mass is 410 g/mol. The quantitative estimate of drug-likeness (QED) is 0.275. The molecule has 0 aromatic heterocycles. The van der Waals surface area contributed by atoms with Crippen LogP contribution in [0, 0.1) is 11.8 Å². The largest absolute Gasteiger partial charge is 0.0654 e. The third-order valence-electron chi connectivity index (χ3n) is 4.72. The fourth-order valence-electron chi connectivity index (χ4n) is 3.07. The van der Waals surface area contributed by atoms with Crippen molar-refractivity contribution < 1.29 is 0 Å². The summed E-state index contributed by atoms with van der Waals surface area (Å²) in [5, 5.41) is 0. The fraction of sp³-hybridized carbons (Fsp3) is 0.440. The van der Waals surface area contributed by atoms with Crippen molar-refractivity contribution in [3.8, 4) is 11.8 Å². The summed E-state index contributed by atoms with van der Waals surface area (Å²) in [7, 11) is 0. The molecule has 2 aromatic carbocycles. The van der Waals surface area contributed by atoms with Crippen LogP contribution in [0.5, 0.6) is 0 Å². The summed E-state index contributed by atoms with van der Waals surface area (Å²) >= 11 is 3.45. The van der Waals surface area contributed by atoms with Crippen molar-refractivity contribution in [3.05, 3.63) is 69.7 Å². The molecular weight excluding hydrogens is 380 g/mol. The van der Waals surface area contributed by atoms with Crippen LogP contribution in [0.2, 0.25) is 0 Å². The Morgan fingerprint density at radius 1 is 0.615 bits per heavy atom. The first-order valence-electron chi connectivity index (χ1n) is 10.1. The Balaban J connectivity index is 1.64. The number of halogens is 1. The van der Waals surface area contributed by atoms with E-state index in [0.717, 1.165) is 15.6 Å². The average Bonchev–Trinajstić information content (AvgIpc) is 2.67. The Hall–Kier alpha value is -1.52. The van der Waals surface area contributed by atoms with Crippen molar-refractivity contribution in [1.29, 1.82) is 0 Å². The zero-order valence-corrected chi connectivity index (χ0v) is 17.7. The third kappa shape index (κ3) is 8.72. The molecule has 0 aliphatic heterocycles. The second-order valence-corrected chi connectivity index (χ2v) is 7.95. The van der Waals surface area contributed by atoms with Crippen molar-refractivity contribution in [1.82, 2.24) is 0 Å². The average molecular weight is 411 g/mol. The van der Waals surface area contributed by atoms with Crippen molar-refractivity contribution >= 4 is 15.9 Å². The highest BCUT2D eigenvalue weighted by atomic mass is 79.9. The van der Waals surface area contributed by atoms with Crippen molar-refractivity contribution in [3.63, 3.8) is 0 Å². The molecule has 26 heavy (non-hydrogen) atoms. The molecule has 1 heteroatoms. The molecular formula is C25H31Br. The Morgan fingerprint density at radius 2 is 1.08 bits per heavy atom. The molecule has 0 fully saturated rings. The second-order valence-electron chi connectivity index (χ2n) is 7.03. The lowest BCUT2D eigenvalue weighted by Gasteiger charge is -2.03. The Bertz CT molecular complexity index is 671. The first kappa shape index (κ1) is 20.8. The van der Waals surface area contributed by atoms with E-state index in [1.165, 1.54) is 69.8 Å². The third-order valence-corrected chi connectivity index (χ3v) is 5.25. The van der Waals surface area contributed by atoms with Gasteiger partial charge in [0.15, 0.2) is 0 Å². The molecule has 0 aliphatic carbocycles. The minimum atomic E-state index is 1.05. The van der Waals surface area contributed by atoms with Crippen LogP contribution >= 0.6 is 15.9 Å². The minimum Gasteiger partial charge on any atom is -0.0654 e.